The monoisotopic (exact) mass is 330 g/mol. The molecule has 0 radical (unpaired) electrons. The summed E-state index contributed by atoms with van der Waals surface area (Å²) in [5.74, 6) is 0.673. The summed E-state index contributed by atoms with van der Waals surface area (Å²) in [6, 6.07) is 15.7. The number of rotatable bonds is 5. The summed E-state index contributed by atoms with van der Waals surface area (Å²) in [7, 11) is 0. The van der Waals surface area contributed by atoms with Crippen molar-refractivity contribution in [2.75, 3.05) is 0 Å². The highest BCUT2D eigenvalue weighted by Gasteiger charge is 2.08. The van der Waals surface area contributed by atoms with E-state index in [0.717, 1.165) is 24.9 Å². The number of fused-ring (bicyclic) bond motifs is 1. The predicted octanol–water partition coefficient (Wildman–Crippen LogP) is 3.19. The SMILES string of the molecule is O=c1cc(-c2ccncc2)nc2n(CCCc3ccccc3)ccn12. The number of aryl methyl sites for hydroxylation is 2. The van der Waals surface area contributed by atoms with Crippen LogP contribution in [-0.4, -0.2) is 18.9 Å². The quantitative estimate of drug-likeness (QED) is 0.565. The van der Waals surface area contributed by atoms with Gasteiger partial charge in [-0.15, -0.1) is 0 Å². The highest BCUT2D eigenvalue weighted by atomic mass is 16.1. The summed E-state index contributed by atoms with van der Waals surface area (Å²) in [4.78, 5) is 21.1. The Balaban J connectivity index is 1.61. The van der Waals surface area contributed by atoms with Gasteiger partial charge >= 0.3 is 0 Å². The number of nitrogens with zero attached hydrogens (tertiary/aromatic N) is 4. The molecule has 0 unspecified atom stereocenters. The largest absolute Gasteiger partial charge is 0.317 e. The fraction of sp³-hybridized carbons (Fsp3) is 0.150. The van der Waals surface area contributed by atoms with E-state index >= 15 is 0 Å². The van der Waals surface area contributed by atoms with Crippen molar-refractivity contribution in [1.82, 2.24) is 18.9 Å². The van der Waals surface area contributed by atoms with E-state index in [-0.39, 0.29) is 5.56 Å². The Bertz CT molecular complexity index is 1040. The molecule has 0 aliphatic heterocycles. The van der Waals surface area contributed by atoms with Gasteiger partial charge in [-0.25, -0.2) is 4.98 Å². The van der Waals surface area contributed by atoms with Crippen molar-refractivity contribution in [2.45, 2.75) is 19.4 Å². The molecule has 0 atom stereocenters. The van der Waals surface area contributed by atoms with Crippen LogP contribution >= 0.6 is 0 Å². The number of pyridine rings is 1. The van der Waals surface area contributed by atoms with Gasteiger partial charge in [0.2, 0.25) is 5.78 Å². The number of hydrogen-bond donors (Lipinski definition) is 0. The van der Waals surface area contributed by atoms with Gasteiger partial charge in [0.05, 0.1) is 5.69 Å². The summed E-state index contributed by atoms with van der Waals surface area (Å²) < 4.78 is 3.63. The first-order chi connectivity index (χ1) is 12.3. The highest BCUT2D eigenvalue weighted by molar-refractivity contribution is 5.59. The molecule has 0 fully saturated rings. The van der Waals surface area contributed by atoms with E-state index in [9.17, 15) is 4.79 Å². The Morgan fingerprint density at radius 3 is 2.56 bits per heavy atom. The first-order valence-electron chi connectivity index (χ1n) is 8.34. The molecule has 1 aromatic carbocycles. The van der Waals surface area contributed by atoms with Gasteiger partial charge in [0, 0.05) is 43.0 Å². The van der Waals surface area contributed by atoms with Gasteiger partial charge < -0.3 is 4.57 Å². The lowest BCUT2D eigenvalue weighted by atomic mass is 10.1. The zero-order valence-electron chi connectivity index (χ0n) is 13.7. The molecule has 5 nitrogen and oxygen atoms in total. The molecule has 4 aromatic rings. The average Bonchev–Trinajstić information content (AvgIpc) is 3.07. The molecule has 0 saturated carbocycles. The van der Waals surface area contributed by atoms with E-state index in [1.54, 1.807) is 29.1 Å². The van der Waals surface area contributed by atoms with Crippen molar-refractivity contribution in [2.24, 2.45) is 0 Å². The second-order valence-electron chi connectivity index (χ2n) is 5.97. The fourth-order valence-corrected chi connectivity index (χ4v) is 2.98. The van der Waals surface area contributed by atoms with Gasteiger partial charge in [0.1, 0.15) is 0 Å². The summed E-state index contributed by atoms with van der Waals surface area (Å²) >= 11 is 0. The fourth-order valence-electron chi connectivity index (χ4n) is 2.98. The maximum Gasteiger partial charge on any atom is 0.259 e. The first-order valence-corrected chi connectivity index (χ1v) is 8.34. The number of benzene rings is 1. The minimum atomic E-state index is -0.0707. The van der Waals surface area contributed by atoms with Crippen LogP contribution in [0.15, 0.2) is 78.1 Å². The molecule has 0 N–H and O–H groups in total. The van der Waals surface area contributed by atoms with Crippen LogP contribution in [0.5, 0.6) is 0 Å². The summed E-state index contributed by atoms with van der Waals surface area (Å²) in [6.07, 6.45) is 9.10. The second kappa shape index (κ2) is 6.73. The third kappa shape index (κ3) is 3.21. The van der Waals surface area contributed by atoms with Crippen molar-refractivity contribution in [3.05, 3.63) is 89.2 Å². The van der Waals surface area contributed by atoms with E-state index in [1.807, 2.05) is 29.0 Å². The van der Waals surface area contributed by atoms with E-state index in [0.29, 0.717) is 11.5 Å². The molecule has 0 aliphatic carbocycles. The van der Waals surface area contributed by atoms with E-state index in [2.05, 4.69) is 29.2 Å². The molecule has 0 aliphatic rings. The third-order valence-electron chi connectivity index (χ3n) is 4.27. The average molecular weight is 330 g/mol. The van der Waals surface area contributed by atoms with Crippen LogP contribution in [0.1, 0.15) is 12.0 Å². The zero-order valence-corrected chi connectivity index (χ0v) is 13.7. The standard InChI is InChI=1S/C20H18N4O/c25-19-15-18(17-8-10-21-11-9-17)22-20-23(13-14-24(19)20)12-4-7-16-5-2-1-3-6-16/h1-3,5-6,8-11,13-15H,4,7,12H2. The summed E-state index contributed by atoms with van der Waals surface area (Å²) in [5, 5.41) is 0. The Labute approximate surface area is 145 Å². The molecule has 0 bridgehead atoms. The van der Waals surface area contributed by atoms with Crippen LogP contribution in [-0.2, 0) is 13.0 Å². The van der Waals surface area contributed by atoms with E-state index in [4.69, 9.17) is 4.98 Å². The van der Waals surface area contributed by atoms with Crippen LogP contribution in [0.4, 0.5) is 0 Å². The first kappa shape index (κ1) is 15.3. The molecule has 4 rings (SSSR count). The van der Waals surface area contributed by atoms with Gasteiger partial charge in [0.15, 0.2) is 0 Å². The summed E-state index contributed by atoms with van der Waals surface area (Å²) in [6.45, 7) is 0.817. The number of imidazole rings is 1. The number of hydrogen-bond acceptors (Lipinski definition) is 3. The zero-order chi connectivity index (χ0) is 17.1. The highest BCUT2D eigenvalue weighted by Crippen LogP contribution is 2.15. The maximum atomic E-state index is 12.4. The van der Waals surface area contributed by atoms with E-state index in [1.165, 1.54) is 5.56 Å². The second-order valence-corrected chi connectivity index (χ2v) is 5.97. The molecule has 0 saturated heterocycles. The lowest BCUT2D eigenvalue weighted by molar-refractivity contribution is 0.653. The molecule has 0 spiro atoms. The van der Waals surface area contributed by atoms with Crippen molar-refractivity contribution in [1.29, 1.82) is 0 Å². The van der Waals surface area contributed by atoms with Gasteiger partial charge in [-0.2, -0.15) is 0 Å². The van der Waals surface area contributed by atoms with Gasteiger partial charge in [0.25, 0.3) is 5.56 Å². The normalized spacial score (nSPS) is 11.0. The molecule has 0 amide bonds. The van der Waals surface area contributed by atoms with Gasteiger partial charge in [-0.05, 0) is 30.5 Å². The minimum absolute atomic E-state index is 0.0707. The minimum Gasteiger partial charge on any atom is -0.317 e. The molecule has 5 heteroatoms. The Kier molecular flexibility index (Phi) is 4.12. The van der Waals surface area contributed by atoms with Crippen molar-refractivity contribution < 1.29 is 0 Å². The molecule has 124 valence electrons. The van der Waals surface area contributed by atoms with E-state index < -0.39 is 0 Å². The van der Waals surface area contributed by atoms with Crippen LogP contribution in [0.3, 0.4) is 0 Å². The third-order valence-corrected chi connectivity index (χ3v) is 4.27. The van der Waals surface area contributed by atoms with Crippen LogP contribution in [0.2, 0.25) is 0 Å². The van der Waals surface area contributed by atoms with Gasteiger partial charge in [-0.3, -0.25) is 14.2 Å². The summed E-state index contributed by atoms with van der Waals surface area (Å²) in [5.41, 5.74) is 2.82. The maximum absolute atomic E-state index is 12.4. The van der Waals surface area contributed by atoms with Crippen molar-refractivity contribution >= 4 is 5.78 Å². The van der Waals surface area contributed by atoms with Crippen molar-refractivity contribution in [3.63, 3.8) is 0 Å². The predicted molar refractivity (Wildman–Crippen MR) is 97.4 cm³/mol. The van der Waals surface area contributed by atoms with Crippen molar-refractivity contribution in [3.8, 4) is 11.3 Å². The molecular formula is C20H18N4O. The van der Waals surface area contributed by atoms with Crippen LogP contribution < -0.4 is 5.56 Å². The Morgan fingerprint density at radius 1 is 0.960 bits per heavy atom. The molecular weight excluding hydrogens is 312 g/mol. The topological polar surface area (TPSA) is 52.2 Å². The van der Waals surface area contributed by atoms with Crippen LogP contribution in [0.25, 0.3) is 17.0 Å². The number of aromatic nitrogens is 4. The molecule has 3 heterocycles. The Hall–Kier alpha value is -3.21. The van der Waals surface area contributed by atoms with Crippen LogP contribution in [0, 0.1) is 0 Å². The smallest absolute Gasteiger partial charge is 0.259 e. The lowest BCUT2D eigenvalue weighted by Gasteiger charge is -2.06. The molecule has 3 aromatic heterocycles. The van der Waals surface area contributed by atoms with Gasteiger partial charge in [-0.1, -0.05) is 30.3 Å². The Morgan fingerprint density at radius 2 is 1.76 bits per heavy atom. The molecule has 25 heavy (non-hydrogen) atoms. The lowest BCUT2D eigenvalue weighted by Crippen LogP contribution is -2.14.